The summed E-state index contributed by atoms with van der Waals surface area (Å²) in [6.45, 7) is 3.60. The van der Waals surface area contributed by atoms with E-state index >= 15 is 0 Å². The van der Waals surface area contributed by atoms with Crippen molar-refractivity contribution in [3.05, 3.63) is 0 Å². The molecular weight excluding hydrogens is 206 g/mol. The highest BCUT2D eigenvalue weighted by molar-refractivity contribution is 5.83. The first-order valence-electron chi connectivity index (χ1n) is 6.03. The van der Waals surface area contributed by atoms with Gasteiger partial charge in [0.25, 0.3) is 0 Å². The number of nitrogens with one attached hydrogen (secondary N) is 1. The van der Waals surface area contributed by atoms with Gasteiger partial charge in [-0.2, -0.15) is 0 Å². The van der Waals surface area contributed by atoms with Crippen LogP contribution < -0.4 is 5.32 Å². The molecule has 1 rings (SSSR count). The third-order valence-corrected chi connectivity index (χ3v) is 3.20. The second kappa shape index (κ2) is 5.87. The molecule has 0 bridgehead atoms. The summed E-state index contributed by atoms with van der Waals surface area (Å²) in [7, 11) is 0. The number of carbonyl (C=O) groups is 2. The summed E-state index contributed by atoms with van der Waals surface area (Å²) in [6, 6.07) is -0.756. The van der Waals surface area contributed by atoms with E-state index in [1.807, 2.05) is 0 Å². The number of hydrogen-bond donors (Lipinski definition) is 2. The number of carboxylic acids is 1. The number of rotatable bonds is 5. The SMILES string of the molecule is CC(C)C(NC(=O)CC1CCCC1)C(=O)O. The molecule has 0 radical (unpaired) electrons. The van der Waals surface area contributed by atoms with E-state index in [4.69, 9.17) is 5.11 Å². The lowest BCUT2D eigenvalue weighted by Gasteiger charge is -2.19. The first kappa shape index (κ1) is 13.0. The minimum atomic E-state index is -0.949. The number of amides is 1. The number of hydrogen-bond acceptors (Lipinski definition) is 2. The lowest BCUT2D eigenvalue weighted by Crippen LogP contribution is -2.44. The Labute approximate surface area is 96.4 Å². The van der Waals surface area contributed by atoms with Gasteiger partial charge in [-0.3, -0.25) is 4.79 Å². The van der Waals surface area contributed by atoms with Gasteiger partial charge in [0.2, 0.25) is 5.91 Å². The predicted molar refractivity (Wildman–Crippen MR) is 61.0 cm³/mol. The van der Waals surface area contributed by atoms with E-state index < -0.39 is 12.0 Å². The molecule has 1 atom stereocenters. The fraction of sp³-hybridized carbons (Fsp3) is 0.833. The maximum absolute atomic E-state index is 11.6. The molecule has 0 aromatic heterocycles. The van der Waals surface area contributed by atoms with E-state index in [1.54, 1.807) is 13.8 Å². The monoisotopic (exact) mass is 227 g/mol. The van der Waals surface area contributed by atoms with Gasteiger partial charge in [-0.05, 0) is 24.7 Å². The van der Waals surface area contributed by atoms with Crippen LogP contribution in [0.5, 0.6) is 0 Å². The fourth-order valence-corrected chi connectivity index (χ4v) is 2.22. The van der Waals surface area contributed by atoms with Crippen LogP contribution in [0.15, 0.2) is 0 Å². The Morgan fingerprint density at radius 2 is 1.88 bits per heavy atom. The molecule has 1 aliphatic rings. The first-order chi connectivity index (χ1) is 7.50. The summed E-state index contributed by atoms with van der Waals surface area (Å²) in [4.78, 5) is 22.5. The molecule has 1 amide bonds. The molecular formula is C12H21NO3. The van der Waals surface area contributed by atoms with Crippen LogP contribution in [0.25, 0.3) is 0 Å². The Balaban J connectivity index is 2.38. The predicted octanol–water partition coefficient (Wildman–Crippen LogP) is 1.79. The van der Waals surface area contributed by atoms with E-state index in [9.17, 15) is 9.59 Å². The Morgan fingerprint density at radius 1 is 1.31 bits per heavy atom. The quantitative estimate of drug-likeness (QED) is 0.752. The van der Waals surface area contributed by atoms with Crippen LogP contribution in [0, 0.1) is 11.8 Å². The maximum Gasteiger partial charge on any atom is 0.326 e. The molecule has 2 N–H and O–H groups in total. The average Bonchev–Trinajstić information content (AvgIpc) is 2.65. The average molecular weight is 227 g/mol. The van der Waals surface area contributed by atoms with Crippen LogP contribution in [0.4, 0.5) is 0 Å². The van der Waals surface area contributed by atoms with Gasteiger partial charge in [-0.1, -0.05) is 26.7 Å². The third-order valence-electron chi connectivity index (χ3n) is 3.20. The summed E-state index contributed by atoms with van der Waals surface area (Å²) in [5.74, 6) is -0.686. The minimum Gasteiger partial charge on any atom is -0.480 e. The van der Waals surface area contributed by atoms with Crippen molar-refractivity contribution in [2.24, 2.45) is 11.8 Å². The van der Waals surface area contributed by atoms with Gasteiger partial charge >= 0.3 is 5.97 Å². The van der Waals surface area contributed by atoms with Crippen molar-refractivity contribution >= 4 is 11.9 Å². The molecule has 1 unspecified atom stereocenters. The van der Waals surface area contributed by atoms with E-state index in [0.717, 1.165) is 12.8 Å². The summed E-state index contributed by atoms with van der Waals surface area (Å²) in [5.41, 5.74) is 0. The summed E-state index contributed by atoms with van der Waals surface area (Å²) in [5, 5.41) is 11.5. The standard InChI is InChI=1S/C12H21NO3/c1-8(2)11(12(15)16)13-10(14)7-9-5-3-4-6-9/h8-9,11H,3-7H2,1-2H3,(H,13,14)(H,15,16). The number of carboxylic acid groups (broad SMARTS) is 1. The highest BCUT2D eigenvalue weighted by Gasteiger charge is 2.25. The van der Waals surface area contributed by atoms with Gasteiger partial charge < -0.3 is 10.4 Å². The molecule has 0 heterocycles. The first-order valence-corrected chi connectivity index (χ1v) is 6.03. The smallest absolute Gasteiger partial charge is 0.326 e. The summed E-state index contributed by atoms with van der Waals surface area (Å²) < 4.78 is 0. The van der Waals surface area contributed by atoms with E-state index in [2.05, 4.69) is 5.32 Å². The van der Waals surface area contributed by atoms with Gasteiger partial charge in [-0.25, -0.2) is 4.79 Å². The van der Waals surface area contributed by atoms with Crippen LogP contribution in [0.1, 0.15) is 46.0 Å². The Bertz CT molecular complexity index is 257. The molecule has 1 aliphatic carbocycles. The molecule has 0 aromatic carbocycles. The second-order valence-corrected chi connectivity index (χ2v) is 4.98. The van der Waals surface area contributed by atoms with Gasteiger partial charge in [-0.15, -0.1) is 0 Å². The molecule has 16 heavy (non-hydrogen) atoms. The Hall–Kier alpha value is -1.06. The molecule has 92 valence electrons. The van der Waals surface area contributed by atoms with E-state index in [1.165, 1.54) is 12.8 Å². The molecule has 1 saturated carbocycles. The highest BCUT2D eigenvalue weighted by Crippen LogP contribution is 2.27. The van der Waals surface area contributed by atoms with Crippen molar-refractivity contribution in [2.75, 3.05) is 0 Å². The molecule has 0 spiro atoms. The number of aliphatic carboxylic acids is 1. The molecule has 0 aromatic rings. The van der Waals surface area contributed by atoms with Crippen LogP contribution in [-0.4, -0.2) is 23.0 Å². The third kappa shape index (κ3) is 3.83. The summed E-state index contributed by atoms with van der Waals surface area (Å²) in [6.07, 6.45) is 5.09. The van der Waals surface area contributed by atoms with Crippen molar-refractivity contribution in [3.63, 3.8) is 0 Å². The second-order valence-electron chi connectivity index (χ2n) is 4.98. The zero-order valence-corrected chi connectivity index (χ0v) is 10.0. The lowest BCUT2D eigenvalue weighted by molar-refractivity contribution is -0.143. The zero-order valence-electron chi connectivity index (χ0n) is 10.0. The van der Waals surface area contributed by atoms with Crippen molar-refractivity contribution < 1.29 is 14.7 Å². The van der Waals surface area contributed by atoms with Crippen LogP contribution in [-0.2, 0) is 9.59 Å². The molecule has 1 fully saturated rings. The Morgan fingerprint density at radius 3 is 2.31 bits per heavy atom. The van der Waals surface area contributed by atoms with Crippen molar-refractivity contribution in [2.45, 2.75) is 52.0 Å². The van der Waals surface area contributed by atoms with Gasteiger partial charge in [0.15, 0.2) is 0 Å². The van der Waals surface area contributed by atoms with Gasteiger partial charge in [0.05, 0.1) is 0 Å². The fourth-order valence-electron chi connectivity index (χ4n) is 2.22. The normalized spacial score (nSPS) is 18.7. The zero-order chi connectivity index (χ0) is 12.1. The van der Waals surface area contributed by atoms with Gasteiger partial charge in [0.1, 0.15) is 6.04 Å². The van der Waals surface area contributed by atoms with Gasteiger partial charge in [0, 0.05) is 6.42 Å². The van der Waals surface area contributed by atoms with Crippen molar-refractivity contribution in [1.29, 1.82) is 0 Å². The topological polar surface area (TPSA) is 66.4 Å². The van der Waals surface area contributed by atoms with Crippen molar-refractivity contribution in [3.8, 4) is 0 Å². The number of carbonyl (C=O) groups excluding carboxylic acids is 1. The van der Waals surface area contributed by atoms with Crippen molar-refractivity contribution in [1.82, 2.24) is 5.32 Å². The minimum absolute atomic E-state index is 0.0787. The molecule has 0 aliphatic heterocycles. The van der Waals surface area contributed by atoms with Crippen LogP contribution in [0.3, 0.4) is 0 Å². The van der Waals surface area contributed by atoms with Crippen LogP contribution in [0.2, 0.25) is 0 Å². The highest BCUT2D eigenvalue weighted by atomic mass is 16.4. The Kier molecular flexibility index (Phi) is 4.77. The lowest BCUT2D eigenvalue weighted by atomic mass is 10.0. The molecule has 0 saturated heterocycles. The summed E-state index contributed by atoms with van der Waals surface area (Å²) >= 11 is 0. The van der Waals surface area contributed by atoms with E-state index in [0.29, 0.717) is 12.3 Å². The molecule has 4 heteroatoms. The van der Waals surface area contributed by atoms with E-state index in [-0.39, 0.29) is 11.8 Å². The maximum atomic E-state index is 11.6. The van der Waals surface area contributed by atoms with Crippen LogP contribution >= 0.6 is 0 Å². The molecule has 4 nitrogen and oxygen atoms in total. The largest absolute Gasteiger partial charge is 0.480 e.